The first-order valence-electron chi connectivity index (χ1n) is 7.23. The number of benzene rings is 2. The van der Waals surface area contributed by atoms with Crippen LogP contribution in [0.3, 0.4) is 0 Å². The molecule has 0 bridgehead atoms. The summed E-state index contributed by atoms with van der Waals surface area (Å²) < 4.78 is 40.8. The van der Waals surface area contributed by atoms with Gasteiger partial charge in [0.15, 0.2) is 0 Å². The van der Waals surface area contributed by atoms with Crippen LogP contribution < -0.4 is 4.90 Å². The monoisotopic (exact) mass is 446 g/mol. The van der Waals surface area contributed by atoms with Gasteiger partial charge in [-0.2, -0.15) is 4.31 Å². The highest BCUT2D eigenvalue weighted by molar-refractivity contribution is 14.1. The van der Waals surface area contributed by atoms with Crippen LogP contribution in [0.25, 0.3) is 0 Å². The van der Waals surface area contributed by atoms with Gasteiger partial charge >= 0.3 is 0 Å². The predicted molar refractivity (Wildman–Crippen MR) is 96.5 cm³/mol. The Morgan fingerprint density at radius 1 is 0.870 bits per heavy atom. The van der Waals surface area contributed by atoms with Gasteiger partial charge in [0.05, 0.1) is 4.90 Å². The Labute approximate surface area is 149 Å². The lowest BCUT2D eigenvalue weighted by Gasteiger charge is -2.35. The third kappa shape index (κ3) is 3.67. The summed E-state index contributed by atoms with van der Waals surface area (Å²) in [6, 6.07) is 13.2. The summed E-state index contributed by atoms with van der Waals surface area (Å²) in [7, 11) is -3.45. The summed E-state index contributed by atoms with van der Waals surface area (Å²) in [5.74, 6) is -0.270. The highest BCUT2D eigenvalue weighted by Crippen LogP contribution is 2.22. The molecule has 122 valence electrons. The zero-order valence-electron chi connectivity index (χ0n) is 12.3. The van der Waals surface area contributed by atoms with Crippen LogP contribution in [-0.4, -0.2) is 38.9 Å². The summed E-state index contributed by atoms with van der Waals surface area (Å²) in [6.45, 7) is 2.03. The Bertz CT molecular complexity index is 771. The number of rotatable bonds is 3. The molecule has 0 N–H and O–H groups in total. The minimum absolute atomic E-state index is 0.270. The third-order valence-corrected chi connectivity index (χ3v) is 6.51. The lowest BCUT2D eigenvalue weighted by Crippen LogP contribution is -2.48. The molecular formula is C16H16FIN2O2S. The van der Waals surface area contributed by atoms with E-state index in [1.807, 2.05) is 0 Å². The molecule has 0 aromatic heterocycles. The Morgan fingerprint density at radius 3 is 2.00 bits per heavy atom. The van der Waals surface area contributed by atoms with Crippen molar-refractivity contribution in [1.82, 2.24) is 4.31 Å². The van der Waals surface area contributed by atoms with Gasteiger partial charge < -0.3 is 4.90 Å². The highest BCUT2D eigenvalue weighted by Gasteiger charge is 2.28. The van der Waals surface area contributed by atoms with E-state index in [1.54, 1.807) is 36.4 Å². The number of halogens is 2. The van der Waals surface area contributed by atoms with E-state index in [2.05, 4.69) is 27.5 Å². The zero-order chi connectivity index (χ0) is 16.4. The number of sulfonamides is 1. The maximum absolute atomic E-state index is 13.0. The van der Waals surface area contributed by atoms with Crippen molar-refractivity contribution < 1.29 is 12.8 Å². The van der Waals surface area contributed by atoms with Crippen LogP contribution in [0.4, 0.5) is 10.1 Å². The average molecular weight is 446 g/mol. The summed E-state index contributed by atoms with van der Waals surface area (Å²) in [5.41, 5.74) is 0.915. The van der Waals surface area contributed by atoms with Crippen LogP contribution >= 0.6 is 22.6 Å². The zero-order valence-corrected chi connectivity index (χ0v) is 15.3. The van der Waals surface area contributed by atoms with Crippen LogP contribution in [0.15, 0.2) is 53.4 Å². The van der Waals surface area contributed by atoms with Crippen molar-refractivity contribution >= 4 is 38.3 Å². The second-order valence-electron chi connectivity index (χ2n) is 5.32. The molecule has 1 aliphatic rings. The standard InChI is InChI=1S/C16H16FIN2O2S/c17-13-1-5-15(6-2-13)19-9-11-20(12-10-19)23(21,22)16-7-3-14(18)4-8-16/h1-8H,9-12H2. The van der Waals surface area contributed by atoms with E-state index in [4.69, 9.17) is 0 Å². The molecule has 1 saturated heterocycles. The maximum Gasteiger partial charge on any atom is 0.243 e. The van der Waals surface area contributed by atoms with E-state index >= 15 is 0 Å². The fraction of sp³-hybridized carbons (Fsp3) is 0.250. The summed E-state index contributed by atoms with van der Waals surface area (Å²) in [4.78, 5) is 2.40. The van der Waals surface area contributed by atoms with Crippen LogP contribution in [0.2, 0.25) is 0 Å². The van der Waals surface area contributed by atoms with Crippen LogP contribution in [0.1, 0.15) is 0 Å². The third-order valence-electron chi connectivity index (χ3n) is 3.88. The Hall–Kier alpha value is -1.19. The van der Waals surface area contributed by atoms with Gasteiger partial charge in [0, 0.05) is 35.4 Å². The fourth-order valence-electron chi connectivity index (χ4n) is 2.59. The van der Waals surface area contributed by atoms with E-state index in [9.17, 15) is 12.8 Å². The van der Waals surface area contributed by atoms with Crippen LogP contribution in [0.5, 0.6) is 0 Å². The molecule has 0 saturated carbocycles. The van der Waals surface area contributed by atoms with Crippen molar-refractivity contribution in [2.45, 2.75) is 4.90 Å². The van der Waals surface area contributed by atoms with Crippen molar-refractivity contribution in [3.63, 3.8) is 0 Å². The molecule has 0 radical (unpaired) electrons. The summed E-state index contributed by atoms with van der Waals surface area (Å²) in [5, 5.41) is 0. The van der Waals surface area contributed by atoms with E-state index in [0.29, 0.717) is 31.1 Å². The van der Waals surface area contributed by atoms with Gasteiger partial charge in [-0.15, -0.1) is 0 Å². The van der Waals surface area contributed by atoms with E-state index < -0.39 is 10.0 Å². The molecule has 1 aliphatic heterocycles. The molecule has 0 amide bonds. The molecule has 2 aromatic rings. The van der Waals surface area contributed by atoms with Crippen molar-refractivity contribution in [2.75, 3.05) is 31.1 Å². The van der Waals surface area contributed by atoms with Gasteiger partial charge in [0.1, 0.15) is 5.82 Å². The van der Waals surface area contributed by atoms with Gasteiger partial charge in [-0.1, -0.05) is 0 Å². The first-order valence-corrected chi connectivity index (χ1v) is 9.75. The summed E-state index contributed by atoms with van der Waals surface area (Å²) >= 11 is 2.15. The topological polar surface area (TPSA) is 40.6 Å². The minimum atomic E-state index is -3.45. The number of nitrogens with zero attached hydrogens (tertiary/aromatic N) is 2. The smallest absolute Gasteiger partial charge is 0.243 e. The van der Waals surface area contributed by atoms with Gasteiger partial charge in [-0.05, 0) is 71.1 Å². The van der Waals surface area contributed by atoms with Crippen molar-refractivity contribution in [3.8, 4) is 0 Å². The number of anilines is 1. The quantitative estimate of drug-likeness (QED) is 0.681. The molecule has 0 atom stereocenters. The number of piperazine rings is 1. The van der Waals surface area contributed by atoms with Crippen molar-refractivity contribution in [2.24, 2.45) is 0 Å². The molecule has 4 nitrogen and oxygen atoms in total. The van der Waals surface area contributed by atoms with Crippen LogP contribution in [-0.2, 0) is 10.0 Å². The van der Waals surface area contributed by atoms with Gasteiger partial charge in [-0.25, -0.2) is 12.8 Å². The summed E-state index contributed by atoms with van der Waals surface area (Å²) in [6.07, 6.45) is 0. The predicted octanol–water partition coefficient (Wildman–Crippen LogP) is 2.94. The first kappa shape index (κ1) is 16.7. The lowest BCUT2D eigenvalue weighted by molar-refractivity contribution is 0.385. The Kier molecular flexibility index (Phi) is 4.88. The highest BCUT2D eigenvalue weighted by atomic mass is 127. The molecule has 7 heteroatoms. The first-order chi connectivity index (χ1) is 11.0. The molecule has 1 heterocycles. The molecule has 3 rings (SSSR count). The van der Waals surface area contributed by atoms with Crippen molar-refractivity contribution in [3.05, 3.63) is 57.9 Å². The van der Waals surface area contributed by atoms with Gasteiger partial charge in [-0.3, -0.25) is 0 Å². The molecule has 0 aliphatic carbocycles. The normalized spacial score (nSPS) is 16.5. The number of hydrogen-bond donors (Lipinski definition) is 0. The van der Waals surface area contributed by atoms with E-state index in [1.165, 1.54) is 16.4 Å². The Morgan fingerprint density at radius 2 is 1.43 bits per heavy atom. The lowest BCUT2D eigenvalue weighted by atomic mass is 10.2. The van der Waals surface area contributed by atoms with Gasteiger partial charge in [0.2, 0.25) is 10.0 Å². The Balaban J connectivity index is 1.70. The fourth-order valence-corrected chi connectivity index (χ4v) is 4.38. The molecule has 1 fully saturated rings. The van der Waals surface area contributed by atoms with Gasteiger partial charge in [0.25, 0.3) is 0 Å². The number of hydrogen-bond acceptors (Lipinski definition) is 3. The SMILES string of the molecule is O=S(=O)(c1ccc(I)cc1)N1CCN(c2ccc(F)cc2)CC1. The van der Waals surface area contributed by atoms with E-state index in [-0.39, 0.29) is 5.82 Å². The minimum Gasteiger partial charge on any atom is -0.369 e. The average Bonchev–Trinajstić information content (AvgIpc) is 2.56. The maximum atomic E-state index is 13.0. The molecule has 0 unspecified atom stereocenters. The van der Waals surface area contributed by atoms with Crippen LogP contribution in [0, 0.1) is 9.39 Å². The second kappa shape index (κ2) is 6.74. The molecule has 23 heavy (non-hydrogen) atoms. The largest absolute Gasteiger partial charge is 0.369 e. The molecule has 0 spiro atoms. The van der Waals surface area contributed by atoms with Crippen molar-refractivity contribution in [1.29, 1.82) is 0 Å². The second-order valence-corrected chi connectivity index (χ2v) is 8.51. The molecule has 2 aromatic carbocycles. The molecular weight excluding hydrogens is 430 g/mol. The van der Waals surface area contributed by atoms with E-state index in [0.717, 1.165) is 9.26 Å².